The molecule has 7 heteroatoms. The smallest absolute Gasteiger partial charge is 0.259 e. The molecule has 24 heavy (non-hydrogen) atoms. The first-order valence-corrected chi connectivity index (χ1v) is 8.90. The summed E-state index contributed by atoms with van der Waals surface area (Å²) in [6, 6.07) is 9.09. The lowest BCUT2D eigenvalue weighted by Gasteiger charge is -2.05. The topological polar surface area (TPSA) is 68.0 Å². The molecule has 0 spiro atoms. The Hall–Kier alpha value is -2.18. The minimum atomic E-state index is -0.0982. The van der Waals surface area contributed by atoms with E-state index in [9.17, 15) is 4.79 Å². The Bertz CT molecular complexity index is 868. The van der Waals surface area contributed by atoms with Crippen molar-refractivity contribution in [2.45, 2.75) is 25.2 Å². The van der Waals surface area contributed by atoms with Crippen LogP contribution in [0.5, 0.6) is 0 Å². The van der Waals surface area contributed by atoms with Gasteiger partial charge >= 0.3 is 0 Å². The molecule has 3 aromatic rings. The van der Waals surface area contributed by atoms with E-state index in [0.717, 1.165) is 23.3 Å². The molecule has 1 N–H and O–H groups in total. The van der Waals surface area contributed by atoms with Crippen LogP contribution in [0.4, 0.5) is 5.69 Å². The number of hydrogen-bond acceptors (Lipinski definition) is 5. The normalized spacial score (nSPS) is 13.9. The molecule has 122 valence electrons. The number of aromatic nitrogens is 2. The molecule has 0 unspecified atom stereocenters. The van der Waals surface area contributed by atoms with Crippen molar-refractivity contribution in [3.05, 3.63) is 52.2 Å². The van der Waals surface area contributed by atoms with Crippen molar-refractivity contribution in [1.82, 2.24) is 10.2 Å². The van der Waals surface area contributed by atoms with E-state index in [1.807, 2.05) is 23.6 Å². The Morgan fingerprint density at radius 2 is 2.04 bits per heavy atom. The highest BCUT2D eigenvalue weighted by atomic mass is 35.5. The van der Waals surface area contributed by atoms with Gasteiger partial charge in [0.15, 0.2) is 0 Å². The van der Waals surface area contributed by atoms with E-state index in [0.29, 0.717) is 28.4 Å². The van der Waals surface area contributed by atoms with E-state index in [4.69, 9.17) is 16.0 Å². The number of thiophene rings is 1. The molecule has 2 heterocycles. The van der Waals surface area contributed by atoms with E-state index in [1.54, 1.807) is 12.1 Å². The van der Waals surface area contributed by atoms with Crippen LogP contribution in [0.15, 0.2) is 40.1 Å². The Kier molecular flexibility index (Phi) is 4.08. The summed E-state index contributed by atoms with van der Waals surface area (Å²) in [6.45, 7) is 0. The van der Waals surface area contributed by atoms with Crippen molar-refractivity contribution in [3.63, 3.8) is 0 Å². The summed E-state index contributed by atoms with van der Waals surface area (Å²) >= 11 is 7.33. The van der Waals surface area contributed by atoms with Crippen molar-refractivity contribution in [3.8, 4) is 10.8 Å². The number of carbonyl (C=O) groups is 1. The molecule has 1 aliphatic carbocycles. The molecule has 1 amide bonds. The van der Waals surface area contributed by atoms with Crippen LogP contribution in [0, 0.1) is 0 Å². The summed E-state index contributed by atoms with van der Waals surface area (Å²) in [5.41, 5.74) is 1.60. The molecule has 1 fully saturated rings. The van der Waals surface area contributed by atoms with Crippen LogP contribution >= 0.6 is 22.9 Å². The summed E-state index contributed by atoms with van der Waals surface area (Å²) in [7, 11) is 0. The summed E-state index contributed by atoms with van der Waals surface area (Å²) in [5, 5.41) is 13.7. The molecule has 4 rings (SSSR count). The zero-order valence-corrected chi connectivity index (χ0v) is 14.2. The minimum absolute atomic E-state index is 0.0982. The standard InChI is InChI=1S/C17H14ClN3O2S/c18-12-5-1-10(2-6-12)9-14(22)19-13-7-8-24-15(13)17-21-20-16(23-17)11-3-4-11/h1-2,5-8,11H,3-4,9H2,(H,19,22). The first kappa shape index (κ1) is 15.4. The molecule has 0 aliphatic heterocycles. The zero-order chi connectivity index (χ0) is 16.5. The van der Waals surface area contributed by atoms with Gasteiger partial charge in [0, 0.05) is 10.9 Å². The van der Waals surface area contributed by atoms with Gasteiger partial charge in [0.1, 0.15) is 4.88 Å². The van der Waals surface area contributed by atoms with Gasteiger partial charge in [-0.2, -0.15) is 0 Å². The highest BCUT2D eigenvalue weighted by Gasteiger charge is 2.30. The fourth-order valence-corrected chi connectivity index (χ4v) is 3.27. The fourth-order valence-electron chi connectivity index (χ4n) is 2.38. The highest BCUT2D eigenvalue weighted by Crippen LogP contribution is 2.41. The van der Waals surface area contributed by atoms with Crippen LogP contribution in [-0.2, 0) is 11.2 Å². The van der Waals surface area contributed by atoms with Crippen molar-refractivity contribution in [2.24, 2.45) is 0 Å². The van der Waals surface area contributed by atoms with Gasteiger partial charge < -0.3 is 9.73 Å². The average Bonchev–Trinajstić information content (AvgIpc) is 3.12. The van der Waals surface area contributed by atoms with Gasteiger partial charge in [0.05, 0.1) is 12.1 Å². The lowest BCUT2D eigenvalue weighted by Crippen LogP contribution is -2.14. The molecular weight excluding hydrogens is 346 g/mol. The molecule has 0 bridgehead atoms. The minimum Gasteiger partial charge on any atom is -0.420 e. The predicted octanol–water partition coefficient (Wildman–Crippen LogP) is 4.51. The SMILES string of the molecule is O=C(Cc1ccc(Cl)cc1)Nc1ccsc1-c1nnc(C2CC2)o1. The molecular formula is C17H14ClN3O2S. The second-order valence-electron chi connectivity index (χ2n) is 5.73. The van der Waals surface area contributed by atoms with Gasteiger partial charge in [0.25, 0.3) is 5.89 Å². The van der Waals surface area contributed by atoms with Gasteiger partial charge in [-0.15, -0.1) is 21.5 Å². The molecule has 1 saturated carbocycles. The van der Waals surface area contributed by atoms with E-state index in [1.165, 1.54) is 11.3 Å². The third kappa shape index (κ3) is 3.34. The number of rotatable bonds is 5. The van der Waals surface area contributed by atoms with Gasteiger partial charge in [-0.1, -0.05) is 23.7 Å². The number of nitrogens with one attached hydrogen (secondary N) is 1. The van der Waals surface area contributed by atoms with Crippen molar-refractivity contribution in [1.29, 1.82) is 0 Å². The lowest BCUT2D eigenvalue weighted by molar-refractivity contribution is -0.115. The molecule has 0 radical (unpaired) electrons. The highest BCUT2D eigenvalue weighted by molar-refractivity contribution is 7.14. The summed E-state index contributed by atoms with van der Waals surface area (Å²) in [5.74, 6) is 1.47. The van der Waals surface area contributed by atoms with Crippen molar-refractivity contribution < 1.29 is 9.21 Å². The van der Waals surface area contributed by atoms with Crippen LogP contribution < -0.4 is 5.32 Å². The number of amides is 1. The number of anilines is 1. The molecule has 0 saturated heterocycles. The van der Waals surface area contributed by atoms with E-state index in [2.05, 4.69) is 15.5 Å². The second-order valence-corrected chi connectivity index (χ2v) is 7.09. The predicted molar refractivity (Wildman–Crippen MR) is 93.4 cm³/mol. The third-order valence-electron chi connectivity index (χ3n) is 3.78. The maximum atomic E-state index is 12.3. The van der Waals surface area contributed by atoms with Crippen molar-refractivity contribution >= 4 is 34.5 Å². The van der Waals surface area contributed by atoms with E-state index in [-0.39, 0.29) is 12.3 Å². The Labute approximate surface area is 147 Å². The summed E-state index contributed by atoms with van der Waals surface area (Å²) < 4.78 is 5.73. The number of halogens is 1. The fraction of sp³-hybridized carbons (Fsp3) is 0.235. The number of carbonyl (C=O) groups excluding carboxylic acids is 1. The van der Waals surface area contributed by atoms with Gasteiger partial charge in [-0.05, 0) is 42.0 Å². The van der Waals surface area contributed by atoms with Crippen LogP contribution in [0.2, 0.25) is 5.02 Å². The van der Waals surface area contributed by atoms with Crippen LogP contribution in [0.25, 0.3) is 10.8 Å². The third-order valence-corrected chi connectivity index (χ3v) is 4.93. The lowest BCUT2D eigenvalue weighted by atomic mass is 10.1. The largest absolute Gasteiger partial charge is 0.420 e. The molecule has 1 aliphatic rings. The van der Waals surface area contributed by atoms with E-state index >= 15 is 0 Å². The number of benzene rings is 1. The Morgan fingerprint density at radius 1 is 1.25 bits per heavy atom. The first-order chi connectivity index (χ1) is 11.7. The maximum Gasteiger partial charge on any atom is 0.259 e. The quantitative estimate of drug-likeness (QED) is 0.727. The van der Waals surface area contributed by atoms with Crippen LogP contribution in [0.3, 0.4) is 0 Å². The van der Waals surface area contributed by atoms with Crippen molar-refractivity contribution in [2.75, 3.05) is 5.32 Å². The first-order valence-electron chi connectivity index (χ1n) is 7.64. The van der Waals surface area contributed by atoms with Crippen LogP contribution in [-0.4, -0.2) is 16.1 Å². The molecule has 5 nitrogen and oxygen atoms in total. The Morgan fingerprint density at radius 3 is 2.79 bits per heavy atom. The van der Waals surface area contributed by atoms with Gasteiger partial charge in [-0.3, -0.25) is 4.79 Å². The molecule has 1 aromatic carbocycles. The average molecular weight is 360 g/mol. The summed E-state index contributed by atoms with van der Waals surface area (Å²) in [6.07, 6.45) is 2.50. The Balaban J connectivity index is 1.47. The van der Waals surface area contributed by atoms with Gasteiger partial charge in [-0.25, -0.2) is 0 Å². The monoisotopic (exact) mass is 359 g/mol. The van der Waals surface area contributed by atoms with Gasteiger partial charge in [0.2, 0.25) is 11.8 Å². The van der Waals surface area contributed by atoms with E-state index < -0.39 is 0 Å². The van der Waals surface area contributed by atoms with Crippen LogP contribution in [0.1, 0.15) is 30.2 Å². The number of nitrogens with zero attached hydrogens (tertiary/aromatic N) is 2. The zero-order valence-electron chi connectivity index (χ0n) is 12.7. The summed E-state index contributed by atoms with van der Waals surface area (Å²) in [4.78, 5) is 13.1. The number of hydrogen-bond donors (Lipinski definition) is 1. The molecule has 0 atom stereocenters. The molecule has 2 aromatic heterocycles. The maximum absolute atomic E-state index is 12.3. The second kappa shape index (κ2) is 6.37.